The summed E-state index contributed by atoms with van der Waals surface area (Å²) in [5.41, 5.74) is 1.27. The molecular weight excluding hydrogens is 278 g/mol. The molecule has 0 amide bonds. The van der Waals surface area contributed by atoms with Gasteiger partial charge in [0.05, 0.1) is 16.5 Å². The van der Waals surface area contributed by atoms with Gasteiger partial charge in [0.1, 0.15) is 0 Å². The summed E-state index contributed by atoms with van der Waals surface area (Å²) in [4.78, 5) is 0. The van der Waals surface area contributed by atoms with Crippen LogP contribution < -0.4 is 5.32 Å². The maximum atomic E-state index is 9.38. The zero-order valence-electron chi connectivity index (χ0n) is 8.70. The largest absolute Gasteiger partial charge is 0.391 e. The normalized spacial score (nSPS) is 13.0. The van der Waals surface area contributed by atoms with Crippen LogP contribution in [-0.4, -0.2) is 31.5 Å². The molecule has 0 spiro atoms. The van der Waals surface area contributed by atoms with Crippen molar-refractivity contribution >= 4 is 27.3 Å². The van der Waals surface area contributed by atoms with Gasteiger partial charge < -0.3 is 15.2 Å². The van der Waals surface area contributed by atoms with Gasteiger partial charge in [-0.25, -0.2) is 0 Å². The van der Waals surface area contributed by atoms with Gasteiger partial charge in [-0.3, -0.25) is 0 Å². The third-order valence-corrected chi connectivity index (χ3v) is 3.52. The number of thiophene rings is 1. The number of aliphatic hydroxyl groups is 1. The lowest BCUT2D eigenvalue weighted by Gasteiger charge is -2.09. The zero-order valence-corrected chi connectivity index (χ0v) is 11.1. The molecule has 1 aromatic rings. The van der Waals surface area contributed by atoms with E-state index >= 15 is 0 Å². The molecule has 1 atom stereocenters. The molecule has 0 fully saturated rings. The quantitative estimate of drug-likeness (QED) is 0.756. The standard InChI is InChI=1S/C10H16BrNO2S/c1-14-6-9(13)2-3-12-5-8-4-10(11)15-7-8/h4,7,9,12-13H,2-3,5-6H2,1H3. The number of hydrogen-bond donors (Lipinski definition) is 2. The minimum absolute atomic E-state index is 0.364. The predicted molar refractivity (Wildman–Crippen MR) is 66.2 cm³/mol. The van der Waals surface area contributed by atoms with Crippen LogP contribution in [0, 0.1) is 0 Å². The molecule has 0 radical (unpaired) electrons. The van der Waals surface area contributed by atoms with Crippen LogP contribution in [0.15, 0.2) is 15.2 Å². The fourth-order valence-corrected chi connectivity index (χ4v) is 2.42. The van der Waals surface area contributed by atoms with Crippen LogP contribution in [0.2, 0.25) is 0 Å². The molecule has 0 saturated carbocycles. The molecule has 0 aliphatic carbocycles. The second kappa shape index (κ2) is 7.35. The number of aliphatic hydroxyl groups excluding tert-OH is 1. The monoisotopic (exact) mass is 293 g/mol. The van der Waals surface area contributed by atoms with Crippen molar-refractivity contribution in [1.82, 2.24) is 5.32 Å². The van der Waals surface area contributed by atoms with Crippen LogP contribution in [-0.2, 0) is 11.3 Å². The first kappa shape index (κ1) is 13.1. The molecule has 0 bridgehead atoms. The Balaban J connectivity index is 2.06. The molecule has 1 rings (SSSR count). The van der Waals surface area contributed by atoms with Gasteiger partial charge in [0.2, 0.25) is 0 Å². The van der Waals surface area contributed by atoms with E-state index in [1.54, 1.807) is 18.4 Å². The summed E-state index contributed by atoms with van der Waals surface area (Å²) in [6.45, 7) is 2.06. The molecule has 0 aliphatic heterocycles. The van der Waals surface area contributed by atoms with Crippen molar-refractivity contribution in [3.8, 4) is 0 Å². The minimum Gasteiger partial charge on any atom is -0.391 e. The fraction of sp³-hybridized carbons (Fsp3) is 0.600. The SMILES string of the molecule is COCC(O)CCNCc1csc(Br)c1. The second-order valence-corrected chi connectivity index (χ2v) is 5.62. The summed E-state index contributed by atoms with van der Waals surface area (Å²) >= 11 is 5.10. The summed E-state index contributed by atoms with van der Waals surface area (Å²) in [5, 5.41) is 14.8. The number of rotatable bonds is 7. The molecule has 1 aromatic heterocycles. The van der Waals surface area contributed by atoms with E-state index in [0.29, 0.717) is 6.61 Å². The first-order valence-electron chi connectivity index (χ1n) is 4.83. The summed E-state index contributed by atoms with van der Waals surface area (Å²) in [6, 6.07) is 2.10. The van der Waals surface area contributed by atoms with E-state index in [4.69, 9.17) is 4.74 Å². The Hall–Kier alpha value is 0.0600. The summed E-state index contributed by atoms with van der Waals surface area (Å²) in [5.74, 6) is 0. The van der Waals surface area contributed by atoms with E-state index in [2.05, 4.69) is 32.7 Å². The highest BCUT2D eigenvalue weighted by molar-refractivity contribution is 9.11. The smallest absolute Gasteiger partial charge is 0.0785 e. The third-order valence-electron chi connectivity index (χ3n) is 1.96. The molecule has 5 heteroatoms. The zero-order chi connectivity index (χ0) is 11.1. The van der Waals surface area contributed by atoms with Gasteiger partial charge in [0.15, 0.2) is 0 Å². The molecule has 1 heterocycles. The van der Waals surface area contributed by atoms with Crippen LogP contribution in [0.5, 0.6) is 0 Å². The average Bonchev–Trinajstić information content (AvgIpc) is 2.60. The van der Waals surface area contributed by atoms with Gasteiger partial charge in [0, 0.05) is 13.7 Å². The highest BCUT2D eigenvalue weighted by Gasteiger charge is 2.02. The first-order chi connectivity index (χ1) is 7.22. The first-order valence-corrected chi connectivity index (χ1v) is 6.50. The number of ether oxygens (including phenoxy) is 1. The molecule has 15 heavy (non-hydrogen) atoms. The Morgan fingerprint density at radius 2 is 2.47 bits per heavy atom. The number of methoxy groups -OCH3 is 1. The number of hydrogen-bond acceptors (Lipinski definition) is 4. The number of halogens is 1. The molecule has 2 N–H and O–H groups in total. The van der Waals surface area contributed by atoms with Gasteiger partial charge >= 0.3 is 0 Å². The molecule has 0 aliphatic rings. The third kappa shape index (κ3) is 5.63. The molecule has 1 unspecified atom stereocenters. The van der Waals surface area contributed by atoms with Gasteiger partial charge in [-0.05, 0) is 45.9 Å². The van der Waals surface area contributed by atoms with E-state index in [-0.39, 0.29) is 6.10 Å². The van der Waals surface area contributed by atoms with Crippen molar-refractivity contribution < 1.29 is 9.84 Å². The van der Waals surface area contributed by atoms with Gasteiger partial charge in [0.25, 0.3) is 0 Å². The topological polar surface area (TPSA) is 41.5 Å². The summed E-state index contributed by atoms with van der Waals surface area (Å²) in [6.07, 6.45) is 0.357. The predicted octanol–water partition coefficient (Wildman–Crippen LogP) is 2.00. The van der Waals surface area contributed by atoms with E-state index < -0.39 is 0 Å². The maximum absolute atomic E-state index is 9.38. The maximum Gasteiger partial charge on any atom is 0.0785 e. The Bertz CT molecular complexity index is 280. The lowest BCUT2D eigenvalue weighted by Crippen LogP contribution is -2.22. The molecule has 0 saturated heterocycles. The summed E-state index contributed by atoms with van der Waals surface area (Å²) < 4.78 is 5.99. The van der Waals surface area contributed by atoms with Crippen LogP contribution >= 0.6 is 27.3 Å². The molecule has 3 nitrogen and oxygen atoms in total. The van der Waals surface area contributed by atoms with Crippen molar-refractivity contribution in [2.45, 2.75) is 19.1 Å². The minimum atomic E-state index is -0.364. The van der Waals surface area contributed by atoms with Gasteiger partial charge in [-0.15, -0.1) is 11.3 Å². The van der Waals surface area contributed by atoms with E-state index in [0.717, 1.165) is 23.3 Å². The van der Waals surface area contributed by atoms with Crippen LogP contribution in [0.25, 0.3) is 0 Å². The van der Waals surface area contributed by atoms with Crippen LogP contribution in [0.4, 0.5) is 0 Å². The van der Waals surface area contributed by atoms with Gasteiger partial charge in [-0.1, -0.05) is 0 Å². The highest BCUT2D eigenvalue weighted by atomic mass is 79.9. The molecule has 86 valence electrons. The van der Waals surface area contributed by atoms with Crippen molar-refractivity contribution in [3.05, 3.63) is 20.8 Å². The van der Waals surface area contributed by atoms with Crippen molar-refractivity contribution in [3.63, 3.8) is 0 Å². The van der Waals surface area contributed by atoms with E-state index in [9.17, 15) is 5.11 Å². The van der Waals surface area contributed by atoms with E-state index in [1.807, 2.05) is 0 Å². The average molecular weight is 294 g/mol. The molecular formula is C10H16BrNO2S. The van der Waals surface area contributed by atoms with Gasteiger partial charge in [-0.2, -0.15) is 0 Å². The van der Waals surface area contributed by atoms with E-state index in [1.165, 1.54) is 5.56 Å². The summed E-state index contributed by atoms with van der Waals surface area (Å²) in [7, 11) is 1.60. The van der Waals surface area contributed by atoms with Crippen LogP contribution in [0.3, 0.4) is 0 Å². The molecule has 0 aromatic carbocycles. The Kier molecular flexibility index (Phi) is 6.43. The van der Waals surface area contributed by atoms with Crippen molar-refractivity contribution in [1.29, 1.82) is 0 Å². The highest BCUT2D eigenvalue weighted by Crippen LogP contribution is 2.20. The van der Waals surface area contributed by atoms with Crippen LogP contribution in [0.1, 0.15) is 12.0 Å². The van der Waals surface area contributed by atoms with Crippen molar-refractivity contribution in [2.75, 3.05) is 20.3 Å². The Morgan fingerprint density at radius 1 is 1.67 bits per heavy atom. The van der Waals surface area contributed by atoms with Crippen molar-refractivity contribution in [2.24, 2.45) is 0 Å². The second-order valence-electron chi connectivity index (χ2n) is 3.33. The Labute approximate surface area is 103 Å². The Morgan fingerprint density at radius 3 is 3.07 bits per heavy atom. The number of nitrogens with one attached hydrogen (secondary N) is 1. The lowest BCUT2D eigenvalue weighted by molar-refractivity contribution is 0.0594. The lowest BCUT2D eigenvalue weighted by atomic mass is 10.2. The fourth-order valence-electron chi connectivity index (χ4n) is 1.22.